The lowest BCUT2D eigenvalue weighted by Crippen LogP contribution is -2.55. The van der Waals surface area contributed by atoms with E-state index >= 15 is 0 Å². The number of piperazine rings is 1. The zero-order chi connectivity index (χ0) is 23.5. The van der Waals surface area contributed by atoms with Gasteiger partial charge in [-0.1, -0.05) is 35.3 Å². The zero-order valence-corrected chi connectivity index (χ0v) is 20.7. The van der Waals surface area contributed by atoms with Crippen molar-refractivity contribution in [2.24, 2.45) is 0 Å². The summed E-state index contributed by atoms with van der Waals surface area (Å²) in [6.45, 7) is 7.84. The van der Waals surface area contributed by atoms with E-state index in [-0.39, 0.29) is 30.3 Å². The lowest BCUT2D eigenvalue weighted by Gasteiger charge is -2.41. The van der Waals surface area contributed by atoms with E-state index in [2.05, 4.69) is 11.8 Å². The molecule has 2 fully saturated rings. The van der Waals surface area contributed by atoms with Crippen LogP contribution in [0.2, 0.25) is 10.0 Å². The highest BCUT2D eigenvalue weighted by Crippen LogP contribution is 2.26. The monoisotopic (exact) mass is 488 g/mol. The summed E-state index contributed by atoms with van der Waals surface area (Å²) in [6, 6.07) is 11.0. The van der Waals surface area contributed by atoms with Crippen LogP contribution in [-0.2, 0) is 22.5 Å². The van der Waals surface area contributed by atoms with Crippen LogP contribution < -0.4 is 0 Å². The third-order valence-corrected chi connectivity index (χ3v) is 7.13. The first-order chi connectivity index (χ1) is 15.8. The van der Waals surface area contributed by atoms with Gasteiger partial charge in [0, 0.05) is 60.9 Å². The Balaban J connectivity index is 1.43. The second-order valence-corrected chi connectivity index (χ2v) is 9.95. The maximum absolute atomic E-state index is 12.8. The van der Waals surface area contributed by atoms with Gasteiger partial charge in [0.25, 0.3) is 5.91 Å². The molecule has 2 aromatic carbocycles. The molecule has 4 rings (SSSR count). The highest BCUT2D eigenvalue weighted by molar-refractivity contribution is 6.31. The minimum absolute atomic E-state index is 0.0173. The molecular weight excluding hydrogens is 459 g/mol. The van der Waals surface area contributed by atoms with Crippen LogP contribution in [0.4, 0.5) is 0 Å². The standard InChI is InChI=1S/C26H30Cl2N2O3/c1-17-15-29(8-9-30(17)26(32)25-7-4-10-33-25)16-21-13-23(28)12-20(18(21)2)14-24(31)19-5-3-6-22(27)11-19/h3,5-6,11-13,17,25H,4,7-10,14-16H2,1-2H3/t17-,25-/m0/s1. The van der Waals surface area contributed by atoms with Gasteiger partial charge in [-0.3, -0.25) is 14.5 Å². The van der Waals surface area contributed by atoms with E-state index in [1.807, 2.05) is 24.0 Å². The molecule has 0 radical (unpaired) electrons. The Bertz CT molecular complexity index is 1040. The number of benzene rings is 2. The minimum atomic E-state index is -0.270. The summed E-state index contributed by atoms with van der Waals surface area (Å²) in [7, 11) is 0. The fourth-order valence-corrected chi connectivity index (χ4v) is 5.24. The van der Waals surface area contributed by atoms with E-state index in [1.165, 1.54) is 0 Å². The van der Waals surface area contributed by atoms with Crippen molar-refractivity contribution < 1.29 is 14.3 Å². The van der Waals surface area contributed by atoms with Crippen LogP contribution in [0.5, 0.6) is 0 Å². The van der Waals surface area contributed by atoms with Gasteiger partial charge in [-0.2, -0.15) is 0 Å². The van der Waals surface area contributed by atoms with Crippen LogP contribution in [0.3, 0.4) is 0 Å². The van der Waals surface area contributed by atoms with E-state index in [0.29, 0.717) is 28.8 Å². The molecule has 0 unspecified atom stereocenters. The van der Waals surface area contributed by atoms with Crippen LogP contribution >= 0.6 is 23.2 Å². The van der Waals surface area contributed by atoms with Crippen molar-refractivity contribution in [2.75, 3.05) is 26.2 Å². The molecule has 176 valence electrons. The molecule has 0 aromatic heterocycles. The highest BCUT2D eigenvalue weighted by atomic mass is 35.5. The molecule has 33 heavy (non-hydrogen) atoms. The topological polar surface area (TPSA) is 49.9 Å². The number of rotatable bonds is 6. The summed E-state index contributed by atoms with van der Waals surface area (Å²) < 4.78 is 5.60. The van der Waals surface area contributed by atoms with Crippen molar-refractivity contribution in [3.05, 3.63) is 68.7 Å². The van der Waals surface area contributed by atoms with Crippen molar-refractivity contribution in [3.8, 4) is 0 Å². The number of amides is 1. The van der Waals surface area contributed by atoms with Gasteiger partial charge in [0.2, 0.25) is 0 Å². The predicted octanol–water partition coefficient (Wildman–Crippen LogP) is 4.94. The molecule has 0 N–H and O–H groups in total. The SMILES string of the molecule is Cc1c(CC(=O)c2cccc(Cl)c2)cc(Cl)cc1CN1CCN(C(=O)[C@@H]2CCCO2)[C@@H](C)C1. The largest absolute Gasteiger partial charge is 0.368 e. The van der Waals surface area contributed by atoms with E-state index in [0.717, 1.165) is 49.2 Å². The lowest BCUT2D eigenvalue weighted by atomic mass is 9.95. The Morgan fingerprint density at radius 1 is 1.09 bits per heavy atom. The molecule has 1 amide bonds. The number of hydrogen-bond donors (Lipinski definition) is 0. The van der Waals surface area contributed by atoms with Gasteiger partial charge in [-0.15, -0.1) is 0 Å². The molecule has 0 saturated carbocycles. The smallest absolute Gasteiger partial charge is 0.252 e. The predicted molar refractivity (Wildman–Crippen MR) is 131 cm³/mol. The molecule has 0 spiro atoms. The van der Waals surface area contributed by atoms with Crippen LogP contribution in [0.15, 0.2) is 36.4 Å². The Kier molecular flexibility index (Phi) is 7.75. The molecule has 2 heterocycles. The van der Waals surface area contributed by atoms with Gasteiger partial charge >= 0.3 is 0 Å². The molecule has 0 bridgehead atoms. The first-order valence-electron chi connectivity index (χ1n) is 11.5. The van der Waals surface area contributed by atoms with E-state index in [4.69, 9.17) is 27.9 Å². The average molecular weight is 489 g/mol. The summed E-state index contributed by atoms with van der Waals surface area (Å²) in [5, 5.41) is 1.18. The maximum atomic E-state index is 12.8. The molecule has 0 aliphatic carbocycles. The number of Topliss-reactive ketones (excluding diaryl/α,β-unsaturated/α-hetero) is 1. The van der Waals surface area contributed by atoms with Crippen LogP contribution in [0.25, 0.3) is 0 Å². The first kappa shape index (κ1) is 24.2. The Labute approximate surface area is 205 Å². The summed E-state index contributed by atoms with van der Waals surface area (Å²) in [6.07, 6.45) is 1.79. The molecule has 2 atom stereocenters. The normalized spacial score (nSPS) is 21.4. The molecule has 2 aromatic rings. The van der Waals surface area contributed by atoms with Gasteiger partial charge in [0.15, 0.2) is 5.78 Å². The number of ether oxygens (including phenoxy) is 1. The minimum Gasteiger partial charge on any atom is -0.368 e. The first-order valence-corrected chi connectivity index (χ1v) is 12.3. The van der Waals surface area contributed by atoms with Gasteiger partial charge in [0.05, 0.1) is 0 Å². The lowest BCUT2D eigenvalue weighted by molar-refractivity contribution is -0.145. The van der Waals surface area contributed by atoms with Crippen LogP contribution in [-0.4, -0.2) is 59.9 Å². The highest BCUT2D eigenvalue weighted by Gasteiger charge is 2.34. The fourth-order valence-electron chi connectivity index (χ4n) is 4.78. The van der Waals surface area contributed by atoms with E-state index in [9.17, 15) is 9.59 Å². The fraction of sp³-hybridized carbons (Fsp3) is 0.462. The quantitative estimate of drug-likeness (QED) is 0.540. The Morgan fingerprint density at radius 3 is 2.58 bits per heavy atom. The van der Waals surface area contributed by atoms with Crippen molar-refractivity contribution in [1.82, 2.24) is 9.80 Å². The second kappa shape index (κ2) is 10.6. The third-order valence-electron chi connectivity index (χ3n) is 6.68. The van der Waals surface area contributed by atoms with Crippen molar-refractivity contribution >= 4 is 34.9 Å². The third kappa shape index (κ3) is 5.78. The summed E-state index contributed by atoms with van der Waals surface area (Å²) in [4.78, 5) is 29.9. The van der Waals surface area contributed by atoms with Crippen molar-refractivity contribution in [1.29, 1.82) is 0 Å². The van der Waals surface area contributed by atoms with Gasteiger partial charge in [-0.25, -0.2) is 0 Å². The van der Waals surface area contributed by atoms with Crippen molar-refractivity contribution in [2.45, 2.75) is 51.8 Å². The van der Waals surface area contributed by atoms with Crippen molar-refractivity contribution in [3.63, 3.8) is 0 Å². The van der Waals surface area contributed by atoms with Gasteiger partial charge in [-0.05, 0) is 67.6 Å². The van der Waals surface area contributed by atoms with Crippen LogP contribution in [0, 0.1) is 6.92 Å². The number of carbonyl (C=O) groups excluding carboxylic acids is 2. The number of nitrogens with zero attached hydrogens (tertiary/aromatic N) is 2. The molecule has 5 nitrogen and oxygen atoms in total. The Morgan fingerprint density at radius 2 is 1.88 bits per heavy atom. The summed E-state index contributed by atoms with van der Waals surface area (Å²) >= 11 is 12.5. The molecule has 2 aliphatic heterocycles. The molecule has 2 saturated heterocycles. The average Bonchev–Trinajstić information content (AvgIpc) is 3.31. The number of carbonyl (C=O) groups is 2. The second-order valence-electron chi connectivity index (χ2n) is 9.08. The molecule has 2 aliphatic rings. The number of hydrogen-bond acceptors (Lipinski definition) is 4. The van der Waals surface area contributed by atoms with E-state index in [1.54, 1.807) is 24.3 Å². The molecular formula is C26H30Cl2N2O3. The molecule has 7 heteroatoms. The summed E-state index contributed by atoms with van der Waals surface area (Å²) in [5.74, 6) is 0.143. The van der Waals surface area contributed by atoms with Gasteiger partial charge in [0.1, 0.15) is 6.10 Å². The maximum Gasteiger partial charge on any atom is 0.252 e. The van der Waals surface area contributed by atoms with Gasteiger partial charge < -0.3 is 9.64 Å². The zero-order valence-electron chi connectivity index (χ0n) is 19.2. The number of ketones is 1. The summed E-state index contributed by atoms with van der Waals surface area (Å²) in [5.41, 5.74) is 3.73. The Hall–Kier alpha value is -1.92. The van der Waals surface area contributed by atoms with Crippen LogP contribution in [0.1, 0.15) is 46.8 Å². The van der Waals surface area contributed by atoms with E-state index < -0.39 is 0 Å². The number of halogens is 2.